The fourth-order valence-electron chi connectivity index (χ4n) is 4.52. The minimum Gasteiger partial charge on any atom is -0.497 e. The monoisotopic (exact) mass is 537 g/mol. The molecule has 1 fully saturated rings. The van der Waals surface area contributed by atoms with E-state index >= 15 is 0 Å². The van der Waals surface area contributed by atoms with Crippen molar-refractivity contribution in [3.63, 3.8) is 0 Å². The van der Waals surface area contributed by atoms with Crippen molar-refractivity contribution in [2.24, 2.45) is 0 Å². The van der Waals surface area contributed by atoms with Gasteiger partial charge in [0.2, 0.25) is 11.8 Å². The summed E-state index contributed by atoms with van der Waals surface area (Å²) in [5, 5.41) is 0.373. The molecule has 2 aromatic heterocycles. The number of pyridine rings is 1. The van der Waals surface area contributed by atoms with Gasteiger partial charge in [-0.3, -0.25) is 14.1 Å². The molecule has 38 heavy (non-hydrogen) atoms. The average molecular weight is 538 g/mol. The highest BCUT2D eigenvalue weighted by molar-refractivity contribution is 7.92. The van der Waals surface area contributed by atoms with Gasteiger partial charge in [-0.1, -0.05) is 12.1 Å². The van der Waals surface area contributed by atoms with E-state index in [1.54, 1.807) is 42.5 Å². The molecule has 1 saturated heterocycles. The van der Waals surface area contributed by atoms with E-state index in [-0.39, 0.29) is 28.3 Å². The number of benzene rings is 2. The Bertz CT molecular complexity index is 1670. The number of sulfonamides is 1. The van der Waals surface area contributed by atoms with Gasteiger partial charge in [0.05, 0.1) is 30.8 Å². The maximum absolute atomic E-state index is 13.5. The van der Waals surface area contributed by atoms with Crippen molar-refractivity contribution in [1.82, 2.24) is 14.5 Å². The van der Waals surface area contributed by atoms with E-state index in [0.29, 0.717) is 59.5 Å². The van der Waals surface area contributed by atoms with Gasteiger partial charge in [0, 0.05) is 37.1 Å². The molecule has 1 aliphatic rings. The van der Waals surface area contributed by atoms with Crippen LogP contribution in [-0.2, 0) is 14.8 Å². The number of nitrogen functional groups attached to an aromatic ring is 1. The lowest BCUT2D eigenvalue weighted by Crippen LogP contribution is -2.31. The van der Waals surface area contributed by atoms with E-state index in [1.165, 1.54) is 31.0 Å². The average Bonchev–Trinajstić information content (AvgIpc) is 2.93. The second-order valence-electron chi connectivity index (χ2n) is 8.79. The molecule has 198 valence electrons. The Morgan fingerprint density at radius 3 is 2.58 bits per heavy atom. The van der Waals surface area contributed by atoms with E-state index in [9.17, 15) is 13.2 Å². The Hall–Kier alpha value is -4.16. The Kier molecular flexibility index (Phi) is 6.91. The number of nitrogens with one attached hydrogen (secondary N) is 1. The lowest BCUT2D eigenvalue weighted by Gasteiger charge is -2.25. The number of fused-ring (bicyclic) bond motifs is 1. The van der Waals surface area contributed by atoms with E-state index in [1.807, 2.05) is 0 Å². The molecule has 0 unspecified atom stereocenters. The van der Waals surface area contributed by atoms with Crippen molar-refractivity contribution in [2.75, 3.05) is 37.9 Å². The highest BCUT2D eigenvalue weighted by Gasteiger charge is 2.24. The van der Waals surface area contributed by atoms with E-state index in [0.717, 1.165) is 0 Å². The van der Waals surface area contributed by atoms with Crippen molar-refractivity contribution < 1.29 is 22.6 Å². The number of nitrogens with two attached hydrogens (primary N) is 1. The molecule has 0 spiro atoms. The van der Waals surface area contributed by atoms with Gasteiger partial charge in [-0.15, -0.1) is 0 Å². The molecule has 2 aromatic carbocycles. The van der Waals surface area contributed by atoms with Gasteiger partial charge in [-0.05, 0) is 48.7 Å². The van der Waals surface area contributed by atoms with Crippen LogP contribution in [0, 0.1) is 0 Å². The van der Waals surface area contributed by atoms with Crippen molar-refractivity contribution in [3.05, 3.63) is 65.1 Å². The summed E-state index contributed by atoms with van der Waals surface area (Å²) < 4.78 is 46.6. The summed E-state index contributed by atoms with van der Waals surface area (Å²) in [4.78, 5) is 22.0. The fraction of sp³-hybridized carbons (Fsp3) is 0.269. The summed E-state index contributed by atoms with van der Waals surface area (Å²) in [5.41, 5.74) is 7.74. The minimum absolute atomic E-state index is 0.0683. The zero-order valence-electron chi connectivity index (χ0n) is 20.9. The summed E-state index contributed by atoms with van der Waals surface area (Å²) in [7, 11) is -1.25. The van der Waals surface area contributed by atoms with Crippen LogP contribution in [0.3, 0.4) is 0 Å². The molecule has 1 aliphatic heterocycles. The summed E-state index contributed by atoms with van der Waals surface area (Å²) in [6.07, 6.45) is 2.83. The second-order valence-corrected chi connectivity index (χ2v) is 10.4. The number of ether oxygens (including phenoxy) is 3. The van der Waals surface area contributed by atoms with E-state index in [2.05, 4.69) is 14.7 Å². The first-order valence-corrected chi connectivity index (χ1v) is 13.4. The minimum atomic E-state index is -4.09. The Balaban J connectivity index is 1.57. The van der Waals surface area contributed by atoms with Gasteiger partial charge in [0.1, 0.15) is 10.6 Å². The molecular formula is C26H27N5O6S. The molecule has 0 amide bonds. The molecule has 12 heteroatoms. The molecular weight excluding hydrogens is 510 g/mol. The molecule has 5 rings (SSSR count). The van der Waals surface area contributed by atoms with Crippen molar-refractivity contribution in [1.29, 1.82) is 0 Å². The van der Waals surface area contributed by atoms with Crippen LogP contribution in [0.1, 0.15) is 18.9 Å². The highest BCUT2D eigenvalue weighted by atomic mass is 32.2. The second kappa shape index (κ2) is 10.3. The van der Waals surface area contributed by atoms with E-state index < -0.39 is 10.0 Å². The number of hydrogen-bond acceptors (Lipinski definition) is 9. The van der Waals surface area contributed by atoms with Crippen LogP contribution in [-0.4, -0.2) is 50.4 Å². The third kappa shape index (κ3) is 4.87. The molecule has 0 radical (unpaired) electrons. The van der Waals surface area contributed by atoms with Crippen molar-refractivity contribution in [2.45, 2.75) is 23.8 Å². The standard InChI is InChI=1S/C26H27N5O6S/c1-35-20-5-3-4-18(14-20)30-38(33,34)23-13-17(15-28-24(23)36-2)16-6-7-22-21(12-16)25(32)31(26(27)29-22)19-8-10-37-11-9-19/h3-7,12-15,19,30H,8-11H2,1-2H3,(H2,27,29). The molecule has 0 atom stereocenters. The van der Waals surface area contributed by atoms with Gasteiger partial charge in [-0.25, -0.2) is 18.4 Å². The van der Waals surface area contributed by atoms with Gasteiger partial charge in [0.25, 0.3) is 15.6 Å². The molecule has 11 nitrogen and oxygen atoms in total. The van der Waals surface area contributed by atoms with Gasteiger partial charge >= 0.3 is 0 Å². The van der Waals surface area contributed by atoms with Gasteiger partial charge in [-0.2, -0.15) is 0 Å². The predicted molar refractivity (Wildman–Crippen MR) is 143 cm³/mol. The van der Waals surface area contributed by atoms with Crippen molar-refractivity contribution >= 4 is 32.6 Å². The normalized spacial score (nSPS) is 14.4. The van der Waals surface area contributed by atoms with Crippen LogP contribution < -0.4 is 25.5 Å². The fourth-order valence-corrected chi connectivity index (χ4v) is 5.72. The molecule has 3 N–H and O–H groups in total. The highest BCUT2D eigenvalue weighted by Crippen LogP contribution is 2.31. The molecule has 0 aliphatic carbocycles. The number of rotatable bonds is 7. The molecule has 0 saturated carbocycles. The number of methoxy groups -OCH3 is 2. The summed E-state index contributed by atoms with van der Waals surface area (Å²) in [5.74, 6) is 0.590. The quantitative estimate of drug-likeness (QED) is 0.362. The summed E-state index contributed by atoms with van der Waals surface area (Å²) >= 11 is 0. The maximum Gasteiger partial charge on any atom is 0.267 e. The zero-order valence-corrected chi connectivity index (χ0v) is 21.7. The van der Waals surface area contributed by atoms with Crippen LogP contribution in [0.25, 0.3) is 22.0 Å². The van der Waals surface area contributed by atoms with Gasteiger partial charge < -0.3 is 19.9 Å². The smallest absolute Gasteiger partial charge is 0.267 e. The third-order valence-corrected chi connectivity index (χ3v) is 7.82. The van der Waals surface area contributed by atoms with Crippen LogP contribution in [0.4, 0.5) is 11.6 Å². The van der Waals surface area contributed by atoms with Gasteiger partial charge in [0.15, 0.2) is 0 Å². The van der Waals surface area contributed by atoms with Crippen LogP contribution in [0.15, 0.2) is 64.4 Å². The first-order valence-electron chi connectivity index (χ1n) is 11.9. The summed E-state index contributed by atoms with van der Waals surface area (Å²) in [6.45, 7) is 1.10. The van der Waals surface area contributed by atoms with E-state index in [4.69, 9.17) is 19.9 Å². The molecule has 4 aromatic rings. The first kappa shape index (κ1) is 25.5. The number of nitrogens with zero attached hydrogens (tertiary/aromatic N) is 3. The third-order valence-electron chi connectivity index (χ3n) is 6.44. The lowest BCUT2D eigenvalue weighted by molar-refractivity contribution is 0.0692. The van der Waals surface area contributed by atoms with Crippen LogP contribution >= 0.6 is 0 Å². The number of hydrogen-bond donors (Lipinski definition) is 2. The Morgan fingerprint density at radius 1 is 1.05 bits per heavy atom. The van der Waals surface area contributed by atoms with Crippen molar-refractivity contribution in [3.8, 4) is 22.8 Å². The topological polar surface area (TPSA) is 148 Å². The predicted octanol–water partition coefficient (Wildman–Crippen LogP) is 3.21. The SMILES string of the molecule is COc1cccc(NS(=O)(=O)c2cc(-c3ccc4nc(N)n(C5CCOCC5)c(=O)c4c3)cnc2OC)c1. The first-order chi connectivity index (χ1) is 18.3. The number of aromatic nitrogens is 3. The molecule has 0 bridgehead atoms. The molecule has 3 heterocycles. The number of anilines is 2. The van der Waals surface area contributed by atoms with Crippen LogP contribution in [0.5, 0.6) is 11.6 Å². The largest absolute Gasteiger partial charge is 0.497 e. The zero-order chi connectivity index (χ0) is 26.9. The Labute approximate surface area is 219 Å². The lowest BCUT2D eigenvalue weighted by atomic mass is 10.0. The van der Waals surface area contributed by atoms with Crippen LogP contribution in [0.2, 0.25) is 0 Å². The Morgan fingerprint density at radius 2 is 1.84 bits per heavy atom. The summed E-state index contributed by atoms with van der Waals surface area (Å²) in [6, 6.07) is 13.0. The maximum atomic E-state index is 13.5.